The normalized spacial score (nSPS) is 11.8. The van der Waals surface area contributed by atoms with Crippen LogP contribution in [0.3, 0.4) is 0 Å². The molecule has 3 aromatic rings. The highest BCUT2D eigenvalue weighted by Crippen LogP contribution is 2.36. The molecule has 0 bridgehead atoms. The molecule has 3 aromatic carbocycles. The number of hydrogen-bond donors (Lipinski definition) is 1. The number of halogens is 1. The lowest BCUT2D eigenvalue weighted by Gasteiger charge is -2.32. The number of rotatable bonds is 14. The number of sulfonamides is 1. The van der Waals surface area contributed by atoms with Crippen molar-refractivity contribution in [2.45, 2.75) is 44.2 Å². The van der Waals surface area contributed by atoms with Crippen LogP contribution >= 0.6 is 15.9 Å². The van der Waals surface area contributed by atoms with Crippen molar-refractivity contribution in [3.63, 3.8) is 0 Å². The van der Waals surface area contributed by atoms with Crippen LogP contribution in [0.25, 0.3) is 0 Å². The van der Waals surface area contributed by atoms with E-state index in [4.69, 9.17) is 9.47 Å². The summed E-state index contributed by atoms with van der Waals surface area (Å²) < 4.78 is 40.7. The zero-order chi connectivity index (χ0) is 30.0. The van der Waals surface area contributed by atoms with Gasteiger partial charge in [-0.15, -0.1) is 0 Å². The largest absolute Gasteiger partial charge is 0.497 e. The summed E-state index contributed by atoms with van der Waals surface area (Å²) in [5, 5.41) is 2.88. The molecule has 0 spiro atoms. The Kier molecular flexibility index (Phi) is 11.6. The first-order valence-electron chi connectivity index (χ1n) is 13.2. The highest BCUT2D eigenvalue weighted by atomic mass is 79.9. The van der Waals surface area contributed by atoms with Gasteiger partial charge in [-0.2, -0.15) is 0 Å². The minimum Gasteiger partial charge on any atom is -0.497 e. The Morgan fingerprint density at radius 3 is 2.34 bits per heavy atom. The molecule has 0 radical (unpaired) electrons. The average Bonchev–Trinajstić information content (AvgIpc) is 2.98. The van der Waals surface area contributed by atoms with Crippen LogP contribution in [0.15, 0.2) is 82.2 Å². The van der Waals surface area contributed by atoms with Crippen LogP contribution in [0.2, 0.25) is 0 Å². The second kappa shape index (κ2) is 14.9. The van der Waals surface area contributed by atoms with Crippen LogP contribution in [-0.2, 0) is 26.2 Å². The van der Waals surface area contributed by atoms with Crippen molar-refractivity contribution in [2.24, 2.45) is 0 Å². The predicted octanol–water partition coefficient (Wildman–Crippen LogP) is 5.00. The third-order valence-corrected chi connectivity index (χ3v) is 8.77. The summed E-state index contributed by atoms with van der Waals surface area (Å²) in [4.78, 5) is 28.6. The van der Waals surface area contributed by atoms with Gasteiger partial charge in [0.25, 0.3) is 10.0 Å². The highest BCUT2D eigenvalue weighted by molar-refractivity contribution is 9.10. The number of amides is 2. The van der Waals surface area contributed by atoms with Gasteiger partial charge in [0.05, 0.1) is 24.8 Å². The molecule has 0 saturated carbocycles. The first kappa shape index (κ1) is 32.0. The molecule has 0 saturated heterocycles. The van der Waals surface area contributed by atoms with Gasteiger partial charge >= 0.3 is 0 Å². The van der Waals surface area contributed by atoms with Crippen LogP contribution in [-0.4, -0.2) is 58.5 Å². The lowest BCUT2D eigenvalue weighted by molar-refractivity contribution is -0.139. The van der Waals surface area contributed by atoms with Gasteiger partial charge in [0, 0.05) is 23.6 Å². The number of hydrogen-bond acceptors (Lipinski definition) is 6. The van der Waals surface area contributed by atoms with E-state index in [1.165, 1.54) is 37.3 Å². The number of carbonyl (C=O) groups excluding carboxylic acids is 2. The molecule has 0 fully saturated rings. The fourth-order valence-corrected chi connectivity index (χ4v) is 6.06. The molecule has 220 valence electrons. The number of nitrogens with zero attached hydrogens (tertiary/aromatic N) is 2. The molecule has 1 atom stereocenters. The summed E-state index contributed by atoms with van der Waals surface area (Å²) in [6.45, 7) is 3.65. The van der Waals surface area contributed by atoms with E-state index in [2.05, 4.69) is 21.2 Å². The second-order valence-electron chi connectivity index (χ2n) is 9.33. The van der Waals surface area contributed by atoms with Crippen LogP contribution in [0.1, 0.15) is 32.3 Å². The summed E-state index contributed by atoms with van der Waals surface area (Å²) in [6.07, 6.45) is 1.71. The van der Waals surface area contributed by atoms with Crippen LogP contribution in [0.5, 0.6) is 11.5 Å². The molecule has 0 aliphatic rings. The number of anilines is 1. The van der Waals surface area contributed by atoms with Gasteiger partial charge in [0.15, 0.2) is 0 Å². The van der Waals surface area contributed by atoms with Crippen LogP contribution in [0.4, 0.5) is 5.69 Å². The van der Waals surface area contributed by atoms with Crippen molar-refractivity contribution in [2.75, 3.05) is 31.6 Å². The van der Waals surface area contributed by atoms with E-state index in [9.17, 15) is 18.0 Å². The van der Waals surface area contributed by atoms with E-state index in [0.717, 1.165) is 27.2 Å². The number of methoxy groups -OCH3 is 2. The highest BCUT2D eigenvalue weighted by Gasteiger charge is 2.34. The van der Waals surface area contributed by atoms with Gasteiger partial charge in [0.2, 0.25) is 11.8 Å². The number of nitrogens with one attached hydrogen (secondary N) is 1. The van der Waals surface area contributed by atoms with Gasteiger partial charge in [0.1, 0.15) is 24.1 Å². The van der Waals surface area contributed by atoms with E-state index in [1.54, 1.807) is 37.3 Å². The zero-order valence-corrected chi connectivity index (χ0v) is 26.1. The van der Waals surface area contributed by atoms with Gasteiger partial charge in [-0.3, -0.25) is 13.9 Å². The Bertz CT molecular complexity index is 1440. The number of benzene rings is 3. The summed E-state index contributed by atoms with van der Waals surface area (Å²) in [7, 11) is -1.36. The molecule has 2 amide bonds. The van der Waals surface area contributed by atoms with E-state index < -0.39 is 28.5 Å². The molecular formula is C30H36BrN3O6S. The molecular weight excluding hydrogens is 610 g/mol. The van der Waals surface area contributed by atoms with E-state index in [1.807, 2.05) is 31.2 Å². The van der Waals surface area contributed by atoms with Crippen molar-refractivity contribution in [1.29, 1.82) is 0 Å². The average molecular weight is 647 g/mol. The maximum absolute atomic E-state index is 14.1. The van der Waals surface area contributed by atoms with Gasteiger partial charge in [-0.05, 0) is 55.3 Å². The Morgan fingerprint density at radius 1 is 0.976 bits per heavy atom. The Balaban J connectivity index is 2.08. The maximum Gasteiger partial charge on any atom is 0.264 e. The molecule has 0 unspecified atom stereocenters. The van der Waals surface area contributed by atoms with Crippen molar-refractivity contribution >= 4 is 43.5 Å². The Morgan fingerprint density at radius 2 is 1.71 bits per heavy atom. The standard InChI is InChI=1S/C30H36BrN3O6S/c1-5-6-17-32-30(36)22(2)33(20-23-11-10-12-24(31)18-23)29(35)21-34(41(37,38)26-13-8-7-9-14-26)27-19-25(39-3)15-16-28(27)40-4/h7-16,18-19,22H,5-6,17,20-21H2,1-4H3,(H,32,36)/t22-/m1/s1. The molecule has 0 aliphatic heterocycles. The SMILES string of the molecule is CCCCNC(=O)[C@@H](C)N(Cc1cccc(Br)c1)C(=O)CN(c1cc(OC)ccc1OC)S(=O)(=O)c1ccccc1. The summed E-state index contributed by atoms with van der Waals surface area (Å²) in [5.74, 6) is -0.260. The molecule has 11 heteroatoms. The number of ether oxygens (including phenoxy) is 2. The molecule has 41 heavy (non-hydrogen) atoms. The monoisotopic (exact) mass is 645 g/mol. The fraction of sp³-hybridized carbons (Fsp3) is 0.333. The first-order valence-corrected chi connectivity index (χ1v) is 15.5. The fourth-order valence-electron chi connectivity index (χ4n) is 4.18. The summed E-state index contributed by atoms with van der Waals surface area (Å²) >= 11 is 3.45. The molecule has 9 nitrogen and oxygen atoms in total. The second-order valence-corrected chi connectivity index (χ2v) is 12.1. The Labute approximate surface area is 250 Å². The quantitative estimate of drug-likeness (QED) is 0.248. The smallest absolute Gasteiger partial charge is 0.264 e. The maximum atomic E-state index is 14.1. The van der Waals surface area contributed by atoms with Crippen LogP contribution in [0, 0.1) is 0 Å². The van der Waals surface area contributed by atoms with E-state index in [0.29, 0.717) is 12.3 Å². The number of unbranched alkanes of at least 4 members (excludes halogenated alkanes) is 1. The lowest BCUT2D eigenvalue weighted by Crippen LogP contribution is -2.51. The van der Waals surface area contributed by atoms with Gasteiger partial charge < -0.3 is 19.7 Å². The predicted molar refractivity (Wildman–Crippen MR) is 163 cm³/mol. The van der Waals surface area contributed by atoms with Crippen molar-refractivity contribution in [1.82, 2.24) is 10.2 Å². The molecule has 0 aromatic heterocycles. The van der Waals surface area contributed by atoms with Crippen molar-refractivity contribution < 1.29 is 27.5 Å². The summed E-state index contributed by atoms with van der Waals surface area (Å²) in [6, 6.07) is 19.1. The van der Waals surface area contributed by atoms with Gasteiger partial charge in [-0.1, -0.05) is 59.6 Å². The summed E-state index contributed by atoms with van der Waals surface area (Å²) in [5.41, 5.74) is 0.906. The van der Waals surface area contributed by atoms with Crippen molar-refractivity contribution in [3.8, 4) is 11.5 Å². The molecule has 0 heterocycles. The molecule has 1 N–H and O–H groups in total. The third kappa shape index (κ3) is 8.23. The first-order chi connectivity index (χ1) is 19.6. The molecule has 0 aliphatic carbocycles. The molecule has 3 rings (SSSR count). The minimum atomic E-state index is -4.24. The third-order valence-electron chi connectivity index (χ3n) is 6.50. The zero-order valence-electron chi connectivity index (χ0n) is 23.7. The Hall–Kier alpha value is -3.57. The van der Waals surface area contributed by atoms with Crippen molar-refractivity contribution in [3.05, 3.63) is 82.8 Å². The van der Waals surface area contributed by atoms with E-state index >= 15 is 0 Å². The lowest BCUT2D eigenvalue weighted by atomic mass is 10.1. The minimum absolute atomic E-state index is 0.00145. The van der Waals surface area contributed by atoms with Crippen LogP contribution < -0.4 is 19.1 Å². The topological polar surface area (TPSA) is 105 Å². The van der Waals surface area contributed by atoms with Gasteiger partial charge in [-0.25, -0.2) is 8.42 Å². The number of carbonyl (C=O) groups is 2. The van der Waals surface area contributed by atoms with E-state index in [-0.39, 0.29) is 28.8 Å².